The molecule has 1 fully saturated rings. The normalized spacial score (nSPS) is 17.0. The number of hydrogen-bond donors (Lipinski definition) is 1. The van der Waals surface area contributed by atoms with E-state index in [1.807, 2.05) is 6.07 Å². The highest BCUT2D eigenvalue weighted by Crippen LogP contribution is 2.31. The zero-order valence-corrected chi connectivity index (χ0v) is 18.7. The number of carbonyl (C=O) groups excluding carboxylic acids is 1. The van der Waals surface area contributed by atoms with E-state index in [0.29, 0.717) is 24.2 Å². The summed E-state index contributed by atoms with van der Waals surface area (Å²) in [4.78, 5) is 41.2. The Bertz CT molecular complexity index is 1350. The first-order valence-corrected chi connectivity index (χ1v) is 10.9. The molecule has 3 aromatic rings. The molecule has 11 heteroatoms. The highest BCUT2D eigenvalue weighted by atomic mass is 19.4. The van der Waals surface area contributed by atoms with Crippen LogP contribution in [0.5, 0.6) is 0 Å². The van der Waals surface area contributed by atoms with Crippen molar-refractivity contribution >= 4 is 22.8 Å². The summed E-state index contributed by atoms with van der Waals surface area (Å²) in [6.07, 6.45) is -1.52. The van der Waals surface area contributed by atoms with Gasteiger partial charge in [-0.3, -0.25) is 19.5 Å². The van der Waals surface area contributed by atoms with E-state index in [1.54, 1.807) is 30.4 Å². The molecule has 178 valence electrons. The van der Waals surface area contributed by atoms with E-state index in [0.717, 1.165) is 43.1 Å². The number of pyridine rings is 3. The first kappa shape index (κ1) is 22.3. The molecule has 3 aromatic heterocycles. The van der Waals surface area contributed by atoms with Crippen molar-refractivity contribution in [2.45, 2.75) is 26.2 Å². The number of amides is 1. The summed E-state index contributed by atoms with van der Waals surface area (Å²) in [6, 6.07) is 3.67. The maximum absolute atomic E-state index is 13.2. The second kappa shape index (κ2) is 8.08. The molecule has 0 unspecified atom stereocenters. The van der Waals surface area contributed by atoms with Crippen molar-refractivity contribution in [2.75, 3.05) is 38.1 Å². The minimum Gasteiger partial charge on any atom is -0.354 e. The van der Waals surface area contributed by atoms with Crippen LogP contribution in [0.25, 0.3) is 11.0 Å². The number of H-pyrrole nitrogens is 1. The molecule has 5 heterocycles. The summed E-state index contributed by atoms with van der Waals surface area (Å²) in [7, 11) is 1.77. The number of alkyl halides is 3. The van der Waals surface area contributed by atoms with Gasteiger partial charge in [0, 0.05) is 58.7 Å². The van der Waals surface area contributed by atoms with E-state index in [4.69, 9.17) is 0 Å². The van der Waals surface area contributed by atoms with Crippen molar-refractivity contribution in [3.63, 3.8) is 0 Å². The maximum atomic E-state index is 13.2. The molecule has 0 bridgehead atoms. The molecule has 1 amide bonds. The molecule has 0 aliphatic carbocycles. The molecule has 1 saturated heterocycles. The number of carbonyl (C=O) groups is 1. The highest BCUT2D eigenvalue weighted by Gasteiger charge is 2.37. The van der Waals surface area contributed by atoms with Gasteiger partial charge in [0.05, 0.1) is 16.6 Å². The highest BCUT2D eigenvalue weighted by molar-refractivity contribution is 5.98. The van der Waals surface area contributed by atoms with Crippen LogP contribution in [0.15, 0.2) is 29.3 Å². The molecule has 0 atom stereocenters. The molecule has 8 nitrogen and oxygen atoms in total. The number of piperazine rings is 1. The maximum Gasteiger partial charge on any atom is 0.422 e. The molecule has 5 rings (SSSR count). The number of anilines is 1. The van der Waals surface area contributed by atoms with Crippen LogP contribution in [-0.2, 0) is 19.3 Å². The summed E-state index contributed by atoms with van der Waals surface area (Å²) in [6.45, 7) is 5.45. The van der Waals surface area contributed by atoms with Crippen LogP contribution in [0.3, 0.4) is 0 Å². The molecule has 0 spiro atoms. The van der Waals surface area contributed by atoms with Gasteiger partial charge in [-0.1, -0.05) is 0 Å². The average molecular weight is 472 g/mol. The van der Waals surface area contributed by atoms with Gasteiger partial charge in [-0.2, -0.15) is 13.2 Å². The summed E-state index contributed by atoms with van der Waals surface area (Å²) in [5.41, 5.74) is 0.381. The Hall–Kier alpha value is -3.47. The summed E-state index contributed by atoms with van der Waals surface area (Å²) in [5.74, 6) is 0.844. The van der Waals surface area contributed by atoms with Gasteiger partial charge in [-0.25, -0.2) is 4.98 Å². The van der Waals surface area contributed by atoms with Crippen molar-refractivity contribution in [2.24, 2.45) is 0 Å². The number of aromatic nitrogens is 3. The van der Waals surface area contributed by atoms with Crippen molar-refractivity contribution in [1.82, 2.24) is 24.8 Å². The predicted molar refractivity (Wildman–Crippen MR) is 120 cm³/mol. The fraction of sp³-hybridized carbons (Fsp3) is 0.391. The first-order chi connectivity index (χ1) is 16.1. The van der Waals surface area contributed by atoms with Gasteiger partial charge in [0.2, 0.25) is 0 Å². The quantitative estimate of drug-likeness (QED) is 0.631. The lowest BCUT2D eigenvalue weighted by atomic mass is 10.1. The Morgan fingerprint density at radius 2 is 1.79 bits per heavy atom. The second-order valence-corrected chi connectivity index (χ2v) is 8.82. The zero-order valence-electron chi connectivity index (χ0n) is 18.7. The van der Waals surface area contributed by atoms with Gasteiger partial charge in [0.1, 0.15) is 11.4 Å². The molecule has 2 aliphatic heterocycles. The van der Waals surface area contributed by atoms with Crippen molar-refractivity contribution < 1.29 is 18.0 Å². The largest absolute Gasteiger partial charge is 0.422 e. The Balaban J connectivity index is 1.28. The Kier molecular flexibility index (Phi) is 5.31. The van der Waals surface area contributed by atoms with Crippen LogP contribution < -0.4 is 10.5 Å². The minimum absolute atomic E-state index is 0.00553. The number of halogens is 3. The fourth-order valence-corrected chi connectivity index (χ4v) is 4.71. The van der Waals surface area contributed by atoms with Gasteiger partial charge in [0.25, 0.3) is 11.5 Å². The standard InChI is InChI=1S/C23H23F3N6O2/c1-13-19(23(24,25)26)21(33)29-17-7-14(9-28-20(13)17)11-31-3-5-32(6-4-31)18-8-15-12-30(2)22(34)16(15)10-27-18/h7-10H,3-6,11-12H2,1-2H3,(H,29,33). The third kappa shape index (κ3) is 3.89. The van der Waals surface area contributed by atoms with Gasteiger partial charge in [-0.15, -0.1) is 0 Å². The molecule has 34 heavy (non-hydrogen) atoms. The smallest absolute Gasteiger partial charge is 0.354 e. The third-order valence-corrected chi connectivity index (χ3v) is 6.50. The Morgan fingerprint density at radius 3 is 2.50 bits per heavy atom. The topological polar surface area (TPSA) is 85.4 Å². The third-order valence-electron chi connectivity index (χ3n) is 6.50. The Labute approximate surface area is 193 Å². The summed E-state index contributed by atoms with van der Waals surface area (Å²) < 4.78 is 39.6. The number of aromatic amines is 1. The van der Waals surface area contributed by atoms with Crippen molar-refractivity contribution in [3.8, 4) is 0 Å². The number of hydrogen-bond acceptors (Lipinski definition) is 6. The van der Waals surface area contributed by atoms with Crippen LogP contribution in [-0.4, -0.2) is 63.9 Å². The lowest BCUT2D eigenvalue weighted by molar-refractivity contribution is -0.139. The SMILES string of the molecule is Cc1c(C(F)(F)F)c(=O)[nH]c2cc(CN3CCN(c4cc5c(cn4)C(=O)N(C)C5)CC3)cnc12. The Morgan fingerprint density at radius 1 is 1.06 bits per heavy atom. The molecule has 0 aromatic carbocycles. The predicted octanol–water partition coefficient (Wildman–Crippen LogP) is 2.55. The van der Waals surface area contributed by atoms with E-state index >= 15 is 0 Å². The van der Waals surface area contributed by atoms with E-state index in [1.165, 1.54) is 6.92 Å². The van der Waals surface area contributed by atoms with E-state index in [9.17, 15) is 22.8 Å². The molecule has 0 saturated carbocycles. The van der Waals surface area contributed by atoms with Crippen LogP contribution in [0.1, 0.15) is 32.6 Å². The van der Waals surface area contributed by atoms with Crippen molar-refractivity contribution in [3.05, 3.63) is 62.7 Å². The number of fused-ring (bicyclic) bond motifs is 2. The molecule has 2 aliphatic rings. The van der Waals surface area contributed by atoms with Crippen LogP contribution in [0.2, 0.25) is 0 Å². The van der Waals surface area contributed by atoms with E-state index < -0.39 is 17.3 Å². The number of nitrogens with zero attached hydrogens (tertiary/aromatic N) is 5. The first-order valence-electron chi connectivity index (χ1n) is 10.9. The van der Waals surface area contributed by atoms with Crippen LogP contribution in [0.4, 0.5) is 19.0 Å². The monoisotopic (exact) mass is 472 g/mol. The van der Waals surface area contributed by atoms with Gasteiger partial charge in [-0.05, 0) is 35.7 Å². The second-order valence-electron chi connectivity index (χ2n) is 8.82. The lowest BCUT2D eigenvalue weighted by Crippen LogP contribution is -2.46. The fourth-order valence-electron chi connectivity index (χ4n) is 4.71. The summed E-state index contributed by atoms with van der Waals surface area (Å²) in [5, 5.41) is 0. The average Bonchev–Trinajstić information content (AvgIpc) is 3.06. The molecule has 0 radical (unpaired) electrons. The van der Waals surface area contributed by atoms with Gasteiger partial charge in [0.15, 0.2) is 0 Å². The molecular formula is C23H23F3N6O2. The van der Waals surface area contributed by atoms with Crippen LogP contribution in [0, 0.1) is 6.92 Å². The lowest BCUT2D eigenvalue weighted by Gasteiger charge is -2.35. The molecule has 1 N–H and O–H groups in total. The van der Waals surface area contributed by atoms with E-state index in [-0.39, 0.29) is 17.0 Å². The van der Waals surface area contributed by atoms with Gasteiger partial charge >= 0.3 is 6.18 Å². The number of aryl methyl sites for hydroxylation is 1. The number of nitrogens with one attached hydrogen (secondary N) is 1. The van der Waals surface area contributed by atoms with E-state index in [2.05, 4.69) is 24.8 Å². The number of rotatable bonds is 3. The zero-order chi connectivity index (χ0) is 24.2. The minimum atomic E-state index is -4.73. The summed E-state index contributed by atoms with van der Waals surface area (Å²) >= 11 is 0. The van der Waals surface area contributed by atoms with Crippen LogP contribution >= 0.6 is 0 Å². The van der Waals surface area contributed by atoms with Crippen molar-refractivity contribution in [1.29, 1.82) is 0 Å². The molecular weight excluding hydrogens is 449 g/mol. The van der Waals surface area contributed by atoms with Gasteiger partial charge < -0.3 is 14.8 Å².